The summed E-state index contributed by atoms with van der Waals surface area (Å²) in [6, 6.07) is 9.95. The molecule has 1 fully saturated rings. The zero-order chi connectivity index (χ0) is 15.5. The number of hydrogen-bond donors (Lipinski definition) is 0. The highest BCUT2D eigenvalue weighted by molar-refractivity contribution is 5.47. The zero-order valence-electron chi connectivity index (χ0n) is 12.7. The van der Waals surface area contributed by atoms with Crippen LogP contribution >= 0.6 is 0 Å². The largest absolute Gasteiger partial charge is 0.371 e. The second-order valence-electron chi connectivity index (χ2n) is 5.51. The van der Waals surface area contributed by atoms with Crippen molar-refractivity contribution in [3.8, 4) is 6.07 Å². The van der Waals surface area contributed by atoms with Crippen LogP contribution in [0.25, 0.3) is 0 Å². The van der Waals surface area contributed by atoms with Crippen LogP contribution in [0, 0.1) is 18.3 Å². The summed E-state index contributed by atoms with van der Waals surface area (Å²) in [6.07, 6.45) is 4.51. The first-order valence-corrected chi connectivity index (χ1v) is 7.32. The number of likely N-dealkylation sites (N-methyl/N-ethyl adjacent to an activating group) is 1. The predicted molar refractivity (Wildman–Crippen MR) is 83.4 cm³/mol. The second-order valence-corrected chi connectivity index (χ2v) is 5.51. The molecule has 5 heteroatoms. The summed E-state index contributed by atoms with van der Waals surface area (Å²) < 4.78 is 5.91. The molecule has 1 saturated heterocycles. The maximum atomic E-state index is 9.13. The lowest BCUT2D eigenvalue weighted by atomic mass is 10.0. The van der Waals surface area contributed by atoms with E-state index in [4.69, 9.17) is 10.00 Å². The summed E-state index contributed by atoms with van der Waals surface area (Å²) in [5.41, 5.74) is 2.55. The Bertz CT molecular complexity index is 696. The van der Waals surface area contributed by atoms with Gasteiger partial charge in [-0.3, -0.25) is 4.98 Å². The van der Waals surface area contributed by atoms with Crippen LogP contribution in [0.3, 0.4) is 0 Å². The summed E-state index contributed by atoms with van der Waals surface area (Å²) >= 11 is 0. The van der Waals surface area contributed by atoms with Gasteiger partial charge in [-0.25, -0.2) is 4.98 Å². The summed E-state index contributed by atoms with van der Waals surface area (Å²) in [5, 5.41) is 9.13. The first-order valence-electron chi connectivity index (χ1n) is 7.32. The minimum absolute atomic E-state index is 0.0217. The molecule has 0 aliphatic carbocycles. The Morgan fingerprint density at radius 1 is 1.41 bits per heavy atom. The average molecular weight is 294 g/mol. The normalized spacial score (nSPS) is 20.6. The molecule has 0 radical (unpaired) electrons. The SMILES string of the molecule is Cc1cc(C#N)cc(N(C)[C@H]2CCO[C@@H]2c2cccnc2)n1. The smallest absolute Gasteiger partial charge is 0.130 e. The lowest BCUT2D eigenvalue weighted by Gasteiger charge is -2.29. The van der Waals surface area contributed by atoms with Crippen LogP contribution in [0.1, 0.15) is 29.3 Å². The van der Waals surface area contributed by atoms with E-state index >= 15 is 0 Å². The molecule has 22 heavy (non-hydrogen) atoms. The van der Waals surface area contributed by atoms with Gasteiger partial charge in [-0.05, 0) is 31.5 Å². The molecular weight excluding hydrogens is 276 g/mol. The van der Waals surface area contributed by atoms with E-state index < -0.39 is 0 Å². The van der Waals surface area contributed by atoms with Crippen molar-refractivity contribution >= 4 is 5.82 Å². The van der Waals surface area contributed by atoms with E-state index in [0.29, 0.717) is 12.2 Å². The van der Waals surface area contributed by atoms with Gasteiger partial charge in [0.1, 0.15) is 11.9 Å². The minimum atomic E-state index is -0.0217. The highest BCUT2D eigenvalue weighted by Crippen LogP contribution is 2.33. The Kier molecular flexibility index (Phi) is 4.03. The van der Waals surface area contributed by atoms with Crippen LogP contribution in [0.5, 0.6) is 0 Å². The Morgan fingerprint density at radius 2 is 2.27 bits per heavy atom. The van der Waals surface area contributed by atoms with Gasteiger partial charge in [0, 0.05) is 37.3 Å². The fraction of sp³-hybridized carbons (Fsp3) is 0.353. The molecule has 2 aromatic rings. The number of anilines is 1. The Balaban J connectivity index is 1.89. The fourth-order valence-electron chi connectivity index (χ4n) is 2.90. The topological polar surface area (TPSA) is 62.0 Å². The van der Waals surface area contributed by atoms with Gasteiger partial charge in [-0.2, -0.15) is 5.26 Å². The molecule has 0 saturated carbocycles. The summed E-state index contributed by atoms with van der Waals surface area (Å²) in [4.78, 5) is 10.8. The zero-order valence-corrected chi connectivity index (χ0v) is 12.7. The molecule has 5 nitrogen and oxygen atoms in total. The third-order valence-electron chi connectivity index (χ3n) is 4.00. The molecule has 3 heterocycles. The molecule has 0 unspecified atom stereocenters. The van der Waals surface area contributed by atoms with Crippen molar-refractivity contribution in [2.75, 3.05) is 18.6 Å². The molecule has 0 N–H and O–H groups in total. The van der Waals surface area contributed by atoms with Crippen LogP contribution in [0.15, 0.2) is 36.7 Å². The van der Waals surface area contributed by atoms with Gasteiger partial charge in [-0.1, -0.05) is 6.07 Å². The van der Waals surface area contributed by atoms with Crippen LogP contribution in [0.2, 0.25) is 0 Å². The predicted octanol–water partition coefficient (Wildman–Crippen LogP) is 2.62. The van der Waals surface area contributed by atoms with Gasteiger partial charge in [0.15, 0.2) is 0 Å². The first kappa shape index (κ1) is 14.5. The molecule has 0 amide bonds. The van der Waals surface area contributed by atoms with Crippen LogP contribution in [-0.4, -0.2) is 29.7 Å². The highest BCUT2D eigenvalue weighted by atomic mass is 16.5. The van der Waals surface area contributed by atoms with Gasteiger partial charge in [0.25, 0.3) is 0 Å². The number of hydrogen-bond acceptors (Lipinski definition) is 5. The molecule has 0 aromatic carbocycles. The van der Waals surface area contributed by atoms with Crippen molar-refractivity contribution in [3.63, 3.8) is 0 Å². The fourth-order valence-corrected chi connectivity index (χ4v) is 2.90. The standard InChI is InChI=1S/C17H18N4O/c1-12-8-13(10-18)9-16(20-12)21(2)15-5-7-22-17(15)14-4-3-6-19-11-14/h3-4,6,8-9,11,15,17H,5,7H2,1-2H3/t15-,17+/m0/s1. The number of aryl methyl sites for hydroxylation is 1. The third-order valence-corrected chi connectivity index (χ3v) is 4.00. The monoisotopic (exact) mass is 294 g/mol. The number of aromatic nitrogens is 2. The lowest BCUT2D eigenvalue weighted by Crippen LogP contribution is -2.34. The van der Waals surface area contributed by atoms with E-state index in [2.05, 4.69) is 20.9 Å². The van der Waals surface area contributed by atoms with E-state index in [1.807, 2.05) is 38.4 Å². The Hall–Kier alpha value is -2.45. The van der Waals surface area contributed by atoms with Crippen LogP contribution in [-0.2, 0) is 4.74 Å². The Morgan fingerprint density at radius 3 is 3.00 bits per heavy atom. The van der Waals surface area contributed by atoms with Crippen molar-refractivity contribution in [2.24, 2.45) is 0 Å². The third kappa shape index (κ3) is 2.78. The van der Waals surface area contributed by atoms with Gasteiger partial charge in [0.05, 0.1) is 17.7 Å². The molecule has 0 spiro atoms. The quantitative estimate of drug-likeness (QED) is 0.870. The number of nitrogens with zero attached hydrogens (tertiary/aromatic N) is 4. The molecular formula is C17H18N4O. The maximum Gasteiger partial charge on any atom is 0.130 e. The van der Waals surface area contributed by atoms with Gasteiger partial charge >= 0.3 is 0 Å². The maximum absolute atomic E-state index is 9.13. The van der Waals surface area contributed by atoms with Crippen molar-refractivity contribution in [2.45, 2.75) is 25.5 Å². The Labute approximate surface area is 130 Å². The van der Waals surface area contributed by atoms with E-state index in [1.165, 1.54) is 0 Å². The number of nitriles is 1. The average Bonchev–Trinajstić information content (AvgIpc) is 3.04. The van der Waals surface area contributed by atoms with Gasteiger partial charge < -0.3 is 9.64 Å². The lowest BCUT2D eigenvalue weighted by molar-refractivity contribution is 0.104. The molecule has 2 atom stereocenters. The van der Waals surface area contributed by atoms with Crippen molar-refractivity contribution in [3.05, 3.63) is 53.5 Å². The molecule has 112 valence electrons. The van der Waals surface area contributed by atoms with Crippen molar-refractivity contribution in [1.29, 1.82) is 5.26 Å². The number of pyridine rings is 2. The molecule has 0 bridgehead atoms. The van der Waals surface area contributed by atoms with E-state index in [0.717, 1.165) is 23.5 Å². The molecule has 3 rings (SSSR count). The molecule has 1 aliphatic heterocycles. The number of ether oxygens (including phenoxy) is 1. The summed E-state index contributed by atoms with van der Waals surface area (Å²) in [6.45, 7) is 2.62. The van der Waals surface area contributed by atoms with E-state index in [9.17, 15) is 0 Å². The highest BCUT2D eigenvalue weighted by Gasteiger charge is 2.33. The van der Waals surface area contributed by atoms with Crippen molar-refractivity contribution < 1.29 is 4.74 Å². The minimum Gasteiger partial charge on any atom is -0.371 e. The van der Waals surface area contributed by atoms with Crippen molar-refractivity contribution in [1.82, 2.24) is 9.97 Å². The summed E-state index contributed by atoms with van der Waals surface area (Å²) in [7, 11) is 2.01. The van der Waals surface area contributed by atoms with E-state index in [1.54, 1.807) is 12.3 Å². The number of rotatable bonds is 3. The van der Waals surface area contributed by atoms with Gasteiger partial charge in [-0.15, -0.1) is 0 Å². The van der Waals surface area contributed by atoms with Crippen LogP contribution in [0.4, 0.5) is 5.82 Å². The van der Waals surface area contributed by atoms with Gasteiger partial charge in [0.2, 0.25) is 0 Å². The van der Waals surface area contributed by atoms with E-state index in [-0.39, 0.29) is 12.1 Å². The molecule has 2 aromatic heterocycles. The summed E-state index contributed by atoms with van der Waals surface area (Å²) in [5.74, 6) is 0.806. The second kappa shape index (κ2) is 6.12. The van der Waals surface area contributed by atoms with Crippen LogP contribution < -0.4 is 4.90 Å². The first-order chi connectivity index (χ1) is 10.7. The molecule has 1 aliphatic rings.